The van der Waals surface area contributed by atoms with Crippen molar-refractivity contribution in [3.63, 3.8) is 0 Å². The number of carbonyl (C=O) groups excluding carboxylic acids is 2. The van der Waals surface area contributed by atoms with Crippen LogP contribution in [0.3, 0.4) is 0 Å². The molecule has 30 heavy (non-hydrogen) atoms. The van der Waals surface area contributed by atoms with E-state index in [0.717, 1.165) is 37.3 Å². The molecule has 0 unspecified atom stereocenters. The summed E-state index contributed by atoms with van der Waals surface area (Å²) >= 11 is 5.92. The molecule has 2 fully saturated rings. The molecule has 1 aromatic carbocycles. The molecule has 2 aromatic rings. The third kappa shape index (κ3) is 4.75. The number of anilines is 1. The number of piperazine rings is 1. The van der Waals surface area contributed by atoms with Crippen molar-refractivity contribution in [1.29, 1.82) is 0 Å². The molecule has 0 aliphatic carbocycles. The van der Waals surface area contributed by atoms with Gasteiger partial charge in [0.2, 0.25) is 5.91 Å². The Morgan fingerprint density at radius 2 is 1.57 bits per heavy atom. The van der Waals surface area contributed by atoms with Gasteiger partial charge >= 0.3 is 0 Å². The first kappa shape index (κ1) is 20.7. The first-order valence-corrected chi connectivity index (χ1v) is 11.0. The Kier molecular flexibility index (Phi) is 6.53. The van der Waals surface area contributed by atoms with E-state index in [1.54, 1.807) is 6.20 Å². The molecule has 1 aromatic heterocycles. The largest absolute Gasteiger partial charge is 0.352 e. The van der Waals surface area contributed by atoms with Crippen molar-refractivity contribution in [2.45, 2.75) is 25.7 Å². The lowest BCUT2D eigenvalue weighted by Gasteiger charge is -2.36. The van der Waals surface area contributed by atoms with Crippen LogP contribution < -0.4 is 4.90 Å². The second kappa shape index (κ2) is 9.47. The number of likely N-dealkylation sites (tertiary alicyclic amines) is 1. The summed E-state index contributed by atoms with van der Waals surface area (Å²) in [5, 5.41) is 0.671. The van der Waals surface area contributed by atoms with Crippen molar-refractivity contribution >= 4 is 29.2 Å². The number of hydrogen-bond donors (Lipinski definition) is 0. The number of aromatic nitrogens is 1. The standard InChI is InChI=1S/C23H27ClN4O2/c24-19-8-6-18(7-9-19)17-21(29)26-13-15-27(16-14-26)22-20(5-4-10-25-22)23(30)28-11-2-1-3-12-28/h4-10H,1-3,11-17H2. The van der Waals surface area contributed by atoms with E-state index in [9.17, 15) is 9.59 Å². The lowest BCUT2D eigenvalue weighted by molar-refractivity contribution is -0.130. The van der Waals surface area contributed by atoms with Gasteiger partial charge in [-0.25, -0.2) is 4.98 Å². The van der Waals surface area contributed by atoms with Crippen LogP contribution in [0, 0.1) is 0 Å². The molecule has 0 radical (unpaired) electrons. The number of nitrogens with zero attached hydrogens (tertiary/aromatic N) is 4. The normalized spacial score (nSPS) is 17.2. The van der Waals surface area contributed by atoms with Crippen molar-refractivity contribution in [3.8, 4) is 0 Å². The molecule has 0 atom stereocenters. The second-order valence-electron chi connectivity index (χ2n) is 7.90. The summed E-state index contributed by atoms with van der Waals surface area (Å²) in [4.78, 5) is 36.2. The van der Waals surface area contributed by atoms with Gasteiger partial charge in [0.1, 0.15) is 5.82 Å². The third-order valence-corrected chi connectivity index (χ3v) is 6.11. The Labute approximate surface area is 182 Å². The average Bonchev–Trinajstić information content (AvgIpc) is 2.81. The van der Waals surface area contributed by atoms with Gasteiger partial charge in [0, 0.05) is 50.5 Å². The van der Waals surface area contributed by atoms with E-state index in [-0.39, 0.29) is 11.8 Å². The van der Waals surface area contributed by atoms with Gasteiger partial charge in [-0.15, -0.1) is 0 Å². The summed E-state index contributed by atoms with van der Waals surface area (Å²) in [6, 6.07) is 11.1. The van der Waals surface area contributed by atoms with E-state index < -0.39 is 0 Å². The average molecular weight is 427 g/mol. The minimum atomic E-state index is 0.0686. The fraction of sp³-hybridized carbons (Fsp3) is 0.435. The zero-order valence-electron chi connectivity index (χ0n) is 17.1. The van der Waals surface area contributed by atoms with E-state index in [4.69, 9.17) is 11.6 Å². The Morgan fingerprint density at radius 3 is 2.27 bits per heavy atom. The molecular formula is C23H27ClN4O2. The first-order valence-electron chi connectivity index (χ1n) is 10.6. The van der Waals surface area contributed by atoms with Crippen molar-refractivity contribution < 1.29 is 9.59 Å². The van der Waals surface area contributed by atoms with Crippen LogP contribution in [0.15, 0.2) is 42.6 Å². The van der Waals surface area contributed by atoms with Gasteiger partial charge in [-0.1, -0.05) is 23.7 Å². The lowest BCUT2D eigenvalue weighted by atomic mass is 10.1. The van der Waals surface area contributed by atoms with Crippen LogP contribution in [0.2, 0.25) is 5.02 Å². The molecule has 4 rings (SSSR count). The van der Waals surface area contributed by atoms with Crippen LogP contribution in [0.4, 0.5) is 5.82 Å². The van der Waals surface area contributed by atoms with E-state index in [0.29, 0.717) is 43.2 Å². The number of hydrogen-bond acceptors (Lipinski definition) is 4. The summed E-state index contributed by atoms with van der Waals surface area (Å²) < 4.78 is 0. The molecule has 2 saturated heterocycles. The number of amides is 2. The van der Waals surface area contributed by atoms with Gasteiger partial charge < -0.3 is 14.7 Å². The van der Waals surface area contributed by atoms with Crippen LogP contribution in [0.25, 0.3) is 0 Å². The fourth-order valence-corrected chi connectivity index (χ4v) is 4.27. The highest BCUT2D eigenvalue weighted by molar-refractivity contribution is 6.30. The zero-order valence-corrected chi connectivity index (χ0v) is 17.9. The van der Waals surface area contributed by atoms with Crippen LogP contribution in [-0.2, 0) is 11.2 Å². The Balaban J connectivity index is 1.39. The van der Waals surface area contributed by atoms with Gasteiger partial charge in [0.15, 0.2) is 0 Å². The van der Waals surface area contributed by atoms with Crippen LogP contribution >= 0.6 is 11.6 Å². The summed E-state index contributed by atoms with van der Waals surface area (Å²) in [5.74, 6) is 0.916. The Morgan fingerprint density at radius 1 is 0.867 bits per heavy atom. The monoisotopic (exact) mass is 426 g/mol. The number of halogens is 1. The third-order valence-electron chi connectivity index (χ3n) is 5.86. The number of benzene rings is 1. The molecule has 6 nitrogen and oxygen atoms in total. The fourth-order valence-electron chi connectivity index (χ4n) is 4.14. The molecule has 0 bridgehead atoms. The predicted molar refractivity (Wildman–Crippen MR) is 118 cm³/mol. The summed E-state index contributed by atoms with van der Waals surface area (Å²) in [7, 11) is 0. The molecule has 0 N–H and O–H groups in total. The number of pyridine rings is 1. The van der Waals surface area contributed by atoms with E-state index in [1.165, 1.54) is 6.42 Å². The van der Waals surface area contributed by atoms with E-state index in [1.807, 2.05) is 46.2 Å². The maximum atomic E-state index is 13.0. The molecular weight excluding hydrogens is 400 g/mol. The van der Waals surface area contributed by atoms with E-state index in [2.05, 4.69) is 9.88 Å². The highest BCUT2D eigenvalue weighted by Crippen LogP contribution is 2.23. The van der Waals surface area contributed by atoms with Crippen LogP contribution in [0.1, 0.15) is 35.2 Å². The zero-order chi connectivity index (χ0) is 20.9. The molecule has 0 spiro atoms. The molecule has 0 saturated carbocycles. The van der Waals surface area contributed by atoms with Gasteiger partial charge in [-0.05, 0) is 49.1 Å². The Hall–Kier alpha value is -2.60. The van der Waals surface area contributed by atoms with Gasteiger partial charge in [0.05, 0.1) is 12.0 Å². The van der Waals surface area contributed by atoms with Crippen molar-refractivity contribution in [3.05, 3.63) is 58.7 Å². The Bertz CT molecular complexity index is 888. The summed E-state index contributed by atoms with van der Waals surface area (Å²) in [6.45, 7) is 4.23. The minimum Gasteiger partial charge on any atom is -0.352 e. The predicted octanol–water partition coefficient (Wildman–Crippen LogP) is 3.25. The maximum Gasteiger partial charge on any atom is 0.257 e. The van der Waals surface area contributed by atoms with Gasteiger partial charge in [0.25, 0.3) is 5.91 Å². The smallest absolute Gasteiger partial charge is 0.257 e. The summed E-state index contributed by atoms with van der Waals surface area (Å²) in [6.07, 6.45) is 5.43. The van der Waals surface area contributed by atoms with Gasteiger partial charge in [-0.2, -0.15) is 0 Å². The summed E-state index contributed by atoms with van der Waals surface area (Å²) in [5.41, 5.74) is 1.63. The topological polar surface area (TPSA) is 56.8 Å². The maximum absolute atomic E-state index is 13.0. The highest BCUT2D eigenvalue weighted by Gasteiger charge is 2.27. The molecule has 2 amide bonds. The van der Waals surface area contributed by atoms with Gasteiger partial charge in [-0.3, -0.25) is 9.59 Å². The van der Waals surface area contributed by atoms with Crippen molar-refractivity contribution in [2.75, 3.05) is 44.2 Å². The minimum absolute atomic E-state index is 0.0686. The molecule has 7 heteroatoms. The van der Waals surface area contributed by atoms with Crippen LogP contribution in [0.5, 0.6) is 0 Å². The SMILES string of the molecule is O=C(Cc1ccc(Cl)cc1)N1CCN(c2ncccc2C(=O)N2CCCCC2)CC1. The number of carbonyl (C=O) groups is 2. The van der Waals surface area contributed by atoms with E-state index >= 15 is 0 Å². The van der Waals surface area contributed by atoms with Crippen molar-refractivity contribution in [2.24, 2.45) is 0 Å². The number of piperidine rings is 1. The molecule has 2 aliphatic heterocycles. The quantitative estimate of drug-likeness (QED) is 0.753. The molecule has 2 aliphatic rings. The van der Waals surface area contributed by atoms with Crippen molar-refractivity contribution in [1.82, 2.24) is 14.8 Å². The molecule has 158 valence electrons. The number of rotatable bonds is 4. The molecule has 3 heterocycles. The second-order valence-corrected chi connectivity index (χ2v) is 8.33. The lowest BCUT2D eigenvalue weighted by Crippen LogP contribution is -2.50. The van der Waals surface area contributed by atoms with Crippen LogP contribution in [-0.4, -0.2) is 65.9 Å². The highest BCUT2D eigenvalue weighted by atomic mass is 35.5. The first-order chi connectivity index (χ1) is 14.6.